The Morgan fingerprint density at radius 2 is 1.85 bits per heavy atom. The Bertz CT molecular complexity index is 1300. The molecule has 0 aliphatic carbocycles. The van der Waals surface area contributed by atoms with Crippen molar-refractivity contribution in [1.82, 2.24) is 10.3 Å². The number of methoxy groups -OCH3 is 1. The van der Waals surface area contributed by atoms with Gasteiger partial charge in [0.2, 0.25) is 5.71 Å². The number of nitrogens with one attached hydrogen (secondary N) is 2. The molecule has 0 spiro atoms. The predicted octanol–water partition coefficient (Wildman–Crippen LogP) is 5.06. The van der Waals surface area contributed by atoms with Gasteiger partial charge in [0.1, 0.15) is 24.0 Å². The highest BCUT2D eigenvalue weighted by Gasteiger charge is 2.23. The fourth-order valence-electron chi connectivity index (χ4n) is 3.71. The lowest BCUT2D eigenvalue weighted by molar-refractivity contribution is 0.0964. The van der Waals surface area contributed by atoms with Gasteiger partial charge in [0, 0.05) is 12.6 Å². The first-order valence-corrected chi connectivity index (χ1v) is 11.0. The van der Waals surface area contributed by atoms with Gasteiger partial charge in [-0.1, -0.05) is 19.1 Å². The molecule has 34 heavy (non-hydrogen) atoms. The summed E-state index contributed by atoms with van der Waals surface area (Å²) in [6, 6.07) is 15.2. The van der Waals surface area contributed by atoms with E-state index in [4.69, 9.17) is 13.9 Å². The minimum absolute atomic E-state index is 0.298. The maximum Gasteiger partial charge on any atom is 0.255 e. The molecule has 2 heterocycles. The first-order valence-electron chi connectivity index (χ1n) is 11.0. The SMILES string of the molecule is CCc1cc2c(C(=O)NC)c(-c3ccc(F)cc3)oc2nc1NCCOc1ccccc1OC. The van der Waals surface area contributed by atoms with Crippen molar-refractivity contribution >= 4 is 22.8 Å². The van der Waals surface area contributed by atoms with Crippen LogP contribution in [0.2, 0.25) is 0 Å². The molecule has 176 valence electrons. The second-order valence-electron chi connectivity index (χ2n) is 7.52. The van der Waals surface area contributed by atoms with E-state index in [2.05, 4.69) is 15.6 Å². The Labute approximate surface area is 196 Å². The number of benzene rings is 2. The zero-order valence-electron chi connectivity index (χ0n) is 19.3. The van der Waals surface area contributed by atoms with E-state index in [1.54, 1.807) is 26.3 Å². The van der Waals surface area contributed by atoms with E-state index in [1.807, 2.05) is 37.3 Å². The second-order valence-corrected chi connectivity index (χ2v) is 7.52. The summed E-state index contributed by atoms with van der Waals surface area (Å²) in [5.41, 5.74) is 2.22. The fraction of sp³-hybridized carbons (Fsp3) is 0.231. The molecule has 0 unspecified atom stereocenters. The van der Waals surface area contributed by atoms with Gasteiger partial charge in [-0.3, -0.25) is 4.79 Å². The van der Waals surface area contributed by atoms with E-state index in [0.29, 0.717) is 64.9 Å². The molecule has 0 atom stereocenters. The molecule has 7 nitrogen and oxygen atoms in total. The molecule has 2 aromatic carbocycles. The van der Waals surface area contributed by atoms with E-state index in [1.165, 1.54) is 12.1 Å². The van der Waals surface area contributed by atoms with Crippen LogP contribution in [-0.2, 0) is 6.42 Å². The highest BCUT2D eigenvalue weighted by atomic mass is 19.1. The third kappa shape index (κ3) is 4.66. The van der Waals surface area contributed by atoms with Crippen LogP contribution in [0.5, 0.6) is 11.5 Å². The molecule has 1 amide bonds. The molecule has 0 saturated carbocycles. The summed E-state index contributed by atoms with van der Waals surface area (Å²) in [5, 5.41) is 6.56. The smallest absolute Gasteiger partial charge is 0.255 e. The quantitative estimate of drug-likeness (QED) is 0.338. The standard InChI is InChI=1S/C26H26FN3O4/c1-4-16-15-19-22(25(31)28-2)23(17-9-11-18(27)12-10-17)34-26(19)30-24(16)29-13-14-33-21-8-6-5-7-20(21)32-3/h5-12,15H,4,13-14H2,1-3H3,(H,28,31)(H,29,30). The number of para-hydroxylation sites is 2. The average Bonchev–Trinajstić information content (AvgIpc) is 3.24. The van der Waals surface area contributed by atoms with Gasteiger partial charge in [-0.05, 0) is 54.4 Å². The number of fused-ring (bicyclic) bond motifs is 1. The van der Waals surface area contributed by atoms with Gasteiger partial charge in [0.25, 0.3) is 5.91 Å². The number of furan rings is 1. The summed E-state index contributed by atoms with van der Waals surface area (Å²) in [6.07, 6.45) is 0.697. The number of amides is 1. The predicted molar refractivity (Wildman–Crippen MR) is 129 cm³/mol. The van der Waals surface area contributed by atoms with Crippen molar-refractivity contribution < 1.29 is 23.1 Å². The van der Waals surface area contributed by atoms with Crippen LogP contribution in [0.1, 0.15) is 22.8 Å². The van der Waals surface area contributed by atoms with Crippen molar-refractivity contribution in [2.45, 2.75) is 13.3 Å². The third-order valence-corrected chi connectivity index (χ3v) is 5.42. The van der Waals surface area contributed by atoms with Gasteiger partial charge in [-0.25, -0.2) is 4.39 Å². The van der Waals surface area contributed by atoms with Crippen molar-refractivity contribution in [2.75, 3.05) is 32.6 Å². The monoisotopic (exact) mass is 463 g/mol. The number of nitrogens with zero attached hydrogens (tertiary/aromatic N) is 1. The van der Waals surface area contributed by atoms with Gasteiger partial charge in [-0.2, -0.15) is 4.98 Å². The molecule has 0 fully saturated rings. The number of carbonyl (C=O) groups is 1. The van der Waals surface area contributed by atoms with E-state index >= 15 is 0 Å². The molecule has 0 bridgehead atoms. The van der Waals surface area contributed by atoms with Gasteiger partial charge in [0.15, 0.2) is 11.5 Å². The second kappa shape index (κ2) is 10.2. The molecule has 0 saturated heterocycles. The fourth-order valence-corrected chi connectivity index (χ4v) is 3.71. The minimum atomic E-state index is -0.366. The molecule has 4 aromatic rings. The van der Waals surface area contributed by atoms with Crippen LogP contribution in [0, 0.1) is 5.82 Å². The number of hydrogen-bond donors (Lipinski definition) is 2. The van der Waals surface area contributed by atoms with Gasteiger partial charge < -0.3 is 24.5 Å². The van der Waals surface area contributed by atoms with E-state index in [0.717, 1.165) is 5.56 Å². The number of aryl methyl sites for hydroxylation is 1. The summed E-state index contributed by atoms with van der Waals surface area (Å²) in [4.78, 5) is 17.4. The lowest BCUT2D eigenvalue weighted by atomic mass is 10.0. The lowest BCUT2D eigenvalue weighted by Crippen LogP contribution is -2.18. The highest BCUT2D eigenvalue weighted by Crippen LogP contribution is 2.35. The normalized spacial score (nSPS) is 10.8. The van der Waals surface area contributed by atoms with Crippen LogP contribution in [-0.4, -0.2) is 38.2 Å². The zero-order valence-corrected chi connectivity index (χ0v) is 19.3. The van der Waals surface area contributed by atoms with Crippen LogP contribution >= 0.6 is 0 Å². The summed E-state index contributed by atoms with van der Waals surface area (Å²) in [7, 11) is 3.16. The van der Waals surface area contributed by atoms with Crippen LogP contribution in [0.25, 0.3) is 22.4 Å². The van der Waals surface area contributed by atoms with Crippen LogP contribution in [0.4, 0.5) is 10.2 Å². The van der Waals surface area contributed by atoms with Crippen LogP contribution in [0.15, 0.2) is 59.0 Å². The largest absolute Gasteiger partial charge is 0.493 e. The first-order chi connectivity index (χ1) is 16.5. The Morgan fingerprint density at radius 3 is 2.53 bits per heavy atom. The number of hydrogen-bond acceptors (Lipinski definition) is 6. The Morgan fingerprint density at radius 1 is 1.12 bits per heavy atom. The van der Waals surface area contributed by atoms with E-state index in [-0.39, 0.29) is 11.7 Å². The number of pyridine rings is 1. The van der Waals surface area contributed by atoms with E-state index < -0.39 is 0 Å². The average molecular weight is 464 g/mol. The van der Waals surface area contributed by atoms with Crippen LogP contribution in [0.3, 0.4) is 0 Å². The molecule has 4 rings (SSSR count). The molecular formula is C26H26FN3O4. The topological polar surface area (TPSA) is 85.6 Å². The van der Waals surface area contributed by atoms with Gasteiger partial charge in [-0.15, -0.1) is 0 Å². The highest BCUT2D eigenvalue weighted by molar-refractivity contribution is 6.10. The number of halogens is 1. The van der Waals surface area contributed by atoms with Gasteiger partial charge >= 0.3 is 0 Å². The van der Waals surface area contributed by atoms with Crippen molar-refractivity contribution in [3.8, 4) is 22.8 Å². The van der Waals surface area contributed by atoms with Crippen molar-refractivity contribution in [1.29, 1.82) is 0 Å². The van der Waals surface area contributed by atoms with Crippen molar-refractivity contribution in [3.05, 3.63) is 71.5 Å². The van der Waals surface area contributed by atoms with Crippen molar-refractivity contribution in [2.24, 2.45) is 0 Å². The Hall–Kier alpha value is -4.07. The Kier molecular flexibility index (Phi) is 6.96. The molecular weight excluding hydrogens is 437 g/mol. The molecule has 0 aliphatic heterocycles. The maximum absolute atomic E-state index is 13.4. The summed E-state index contributed by atoms with van der Waals surface area (Å²) >= 11 is 0. The number of aromatic nitrogens is 1. The summed E-state index contributed by atoms with van der Waals surface area (Å²) in [6.45, 7) is 2.91. The first kappa shape index (κ1) is 23.1. The number of anilines is 1. The third-order valence-electron chi connectivity index (χ3n) is 5.42. The molecule has 2 aromatic heterocycles. The van der Waals surface area contributed by atoms with E-state index in [9.17, 15) is 9.18 Å². The molecule has 0 radical (unpaired) electrons. The summed E-state index contributed by atoms with van der Waals surface area (Å²) < 4.78 is 30.6. The lowest BCUT2D eigenvalue weighted by Gasteiger charge is -2.12. The zero-order chi connectivity index (χ0) is 24.1. The number of ether oxygens (including phenoxy) is 2. The van der Waals surface area contributed by atoms with Crippen LogP contribution < -0.4 is 20.1 Å². The van der Waals surface area contributed by atoms with Crippen molar-refractivity contribution in [3.63, 3.8) is 0 Å². The number of carbonyl (C=O) groups excluding carboxylic acids is 1. The minimum Gasteiger partial charge on any atom is -0.493 e. The molecule has 2 N–H and O–H groups in total. The maximum atomic E-state index is 13.4. The molecule has 0 aliphatic rings. The van der Waals surface area contributed by atoms with Gasteiger partial charge in [0.05, 0.1) is 24.6 Å². The Balaban J connectivity index is 1.62. The molecule has 8 heteroatoms. The summed E-state index contributed by atoms with van der Waals surface area (Å²) in [5.74, 6) is 1.67. The number of rotatable bonds is 9.